The Hall–Kier alpha value is -3.32. The summed E-state index contributed by atoms with van der Waals surface area (Å²) in [6.45, 7) is 4.73. The van der Waals surface area contributed by atoms with Gasteiger partial charge >= 0.3 is 6.03 Å². The standard InChI is InChI=1S/C24H25N3O4/c1-24(19-7-8-20-21(15-19)31-14-13-30-20)22(28)27(23(29)25-24)16-26-11-9-18(10-12-26)17-5-3-2-4-6-17/h2-9,15H,10-14,16H2,1H3,(H,25,29)/p+1/t24-/m1/s1. The van der Waals surface area contributed by atoms with Crippen LogP contribution in [-0.4, -0.2) is 49.8 Å². The molecule has 1 saturated heterocycles. The molecule has 2 aromatic carbocycles. The van der Waals surface area contributed by atoms with Gasteiger partial charge in [-0.2, -0.15) is 0 Å². The first-order chi connectivity index (χ1) is 15.0. The summed E-state index contributed by atoms with van der Waals surface area (Å²) < 4.78 is 11.2. The maximum atomic E-state index is 13.3. The summed E-state index contributed by atoms with van der Waals surface area (Å²) in [5.74, 6) is 1.02. The summed E-state index contributed by atoms with van der Waals surface area (Å²) in [6.07, 6.45) is 3.13. The SMILES string of the molecule is C[C@]1(c2ccc3c(c2)OCCO3)NC(=O)N(C[NH+]2CC=C(c3ccccc3)CC2)C1=O. The number of ether oxygens (including phenoxy) is 2. The Kier molecular flexibility index (Phi) is 4.90. The van der Waals surface area contributed by atoms with Gasteiger partial charge in [0.15, 0.2) is 18.2 Å². The van der Waals surface area contributed by atoms with Crippen LogP contribution < -0.4 is 19.7 Å². The monoisotopic (exact) mass is 420 g/mol. The Balaban J connectivity index is 1.30. The lowest BCUT2D eigenvalue weighted by Gasteiger charge is -2.28. The minimum atomic E-state index is -1.12. The predicted octanol–water partition coefficient (Wildman–Crippen LogP) is 1.55. The summed E-state index contributed by atoms with van der Waals surface area (Å²) in [5.41, 5.74) is 2.13. The van der Waals surface area contributed by atoms with E-state index in [1.54, 1.807) is 19.1 Å². The summed E-state index contributed by atoms with van der Waals surface area (Å²) >= 11 is 0. The number of hydrogen-bond donors (Lipinski definition) is 2. The van der Waals surface area contributed by atoms with Gasteiger partial charge in [0.1, 0.15) is 18.8 Å². The molecular formula is C24H26N3O4+. The van der Waals surface area contributed by atoms with Gasteiger partial charge in [0.2, 0.25) is 0 Å². The summed E-state index contributed by atoms with van der Waals surface area (Å²) in [6, 6.07) is 15.4. The number of hydrogen-bond acceptors (Lipinski definition) is 4. The Bertz CT molecular complexity index is 1050. The zero-order valence-electron chi connectivity index (χ0n) is 17.5. The molecule has 0 radical (unpaired) electrons. The molecule has 31 heavy (non-hydrogen) atoms. The van der Waals surface area contributed by atoms with Gasteiger partial charge in [-0.1, -0.05) is 36.4 Å². The van der Waals surface area contributed by atoms with Crippen molar-refractivity contribution in [1.29, 1.82) is 0 Å². The van der Waals surface area contributed by atoms with E-state index in [0.29, 0.717) is 36.9 Å². The molecule has 1 fully saturated rings. The van der Waals surface area contributed by atoms with Crippen LogP contribution in [0.4, 0.5) is 4.79 Å². The van der Waals surface area contributed by atoms with E-state index in [-0.39, 0.29) is 11.9 Å². The zero-order chi connectivity index (χ0) is 21.4. The highest BCUT2D eigenvalue weighted by molar-refractivity contribution is 6.07. The maximum absolute atomic E-state index is 13.3. The van der Waals surface area contributed by atoms with E-state index in [2.05, 4.69) is 23.5 Å². The number of amides is 3. The highest BCUT2D eigenvalue weighted by Gasteiger charge is 2.50. The lowest BCUT2D eigenvalue weighted by Crippen LogP contribution is -3.14. The highest BCUT2D eigenvalue weighted by Crippen LogP contribution is 2.36. The van der Waals surface area contributed by atoms with E-state index in [1.807, 2.05) is 24.3 Å². The molecular weight excluding hydrogens is 394 g/mol. The largest absolute Gasteiger partial charge is 0.486 e. The van der Waals surface area contributed by atoms with Crippen molar-refractivity contribution in [1.82, 2.24) is 10.2 Å². The zero-order valence-corrected chi connectivity index (χ0v) is 17.5. The molecule has 160 valence electrons. The molecule has 0 bridgehead atoms. The fourth-order valence-corrected chi connectivity index (χ4v) is 4.46. The molecule has 2 atom stereocenters. The molecule has 7 nitrogen and oxygen atoms in total. The topological polar surface area (TPSA) is 72.3 Å². The van der Waals surface area contributed by atoms with E-state index in [4.69, 9.17) is 9.47 Å². The van der Waals surface area contributed by atoms with E-state index in [1.165, 1.54) is 20.9 Å². The Morgan fingerprint density at radius 1 is 1.06 bits per heavy atom. The number of carbonyl (C=O) groups excluding carboxylic acids is 2. The first kappa shape index (κ1) is 19.6. The second-order valence-electron chi connectivity index (χ2n) is 8.35. The Morgan fingerprint density at radius 3 is 2.58 bits per heavy atom. The Labute approximate surface area is 181 Å². The van der Waals surface area contributed by atoms with Crippen LogP contribution in [0.2, 0.25) is 0 Å². The fraction of sp³-hybridized carbons (Fsp3) is 0.333. The third kappa shape index (κ3) is 3.55. The minimum Gasteiger partial charge on any atom is -0.486 e. The van der Waals surface area contributed by atoms with Crippen LogP contribution in [0, 0.1) is 0 Å². The van der Waals surface area contributed by atoms with Crippen molar-refractivity contribution in [3.63, 3.8) is 0 Å². The van der Waals surface area contributed by atoms with Crippen LogP contribution in [0.15, 0.2) is 54.6 Å². The van der Waals surface area contributed by atoms with E-state index in [0.717, 1.165) is 19.5 Å². The van der Waals surface area contributed by atoms with Crippen molar-refractivity contribution in [2.24, 2.45) is 0 Å². The molecule has 0 aliphatic carbocycles. The number of carbonyl (C=O) groups is 2. The van der Waals surface area contributed by atoms with E-state index < -0.39 is 5.54 Å². The normalized spacial score (nSPS) is 25.3. The van der Waals surface area contributed by atoms with Gasteiger partial charge in [-0.25, -0.2) is 9.69 Å². The molecule has 0 aromatic heterocycles. The molecule has 3 amide bonds. The van der Waals surface area contributed by atoms with Gasteiger partial charge in [-0.15, -0.1) is 0 Å². The molecule has 0 saturated carbocycles. The van der Waals surface area contributed by atoms with Gasteiger partial charge in [0.05, 0.1) is 13.1 Å². The van der Waals surface area contributed by atoms with Crippen molar-refractivity contribution in [2.45, 2.75) is 18.9 Å². The van der Waals surface area contributed by atoms with Crippen LogP contribution >= 0.6 is 0 Å². The van der Waals surface area contributed by atoms with Gasteiger partial charge in [-0.3, -0.25) is 4.79 Å². The van der Waals surface area contributed by atoms with Gasteiger partial charge in [-0.05, 0) is 41.8 Å². The van der Waals surface area contributed by atoms with Crippen LogP contribution in [0.5, 0.6) is 11.5 Å². The van der Waals surface area contributed by atoms with Crippen molar-refractivity contribution >= 4 is 17.5 Å². The summed E-state index contributed by atoms with van der Waals surface area (Å²) in [7, 11) is 0. The molecule has 1 unspecified atom stereocenters. The van der Waals surface area contributed by atoms with Crippen molar-refractivity contribution in [2.75, 3.05) is 33.0 Å². The number of imide groups is 1. The van der Waals surface area contributed by atoms with Crippen molar-refractivity contribution in [3.05, 3.63) is 65.7 Å². The fourth-order valence-electron chi connectivity index (χ4n) is 4.46. The third-order valence-corrected chi connectivity index (χ3v) is 6.31. The first-order valence-electron chi connectivity index (χ1n) is 10.7. The average Bonchev–Trinajstić information content (AvgIpc) is 3.03. The molecule has 5 rings (SSSR count). The summed E-state index contributed by atoms with van der Waals surface area (Å²) in [5, 5.41) is 2.89. The predicted molar refractivity (Wildman–Crippen MR) is 115 cm³/mol. The second-order valence-corrected chi connectivity index (χ2v) is 8.35. The first-order valence-corrected chi connectivity index (χ1v) is 10.7. The maximum Gasteiger partial charge on any atom is 0.329 e. The molecule has 3 aliphatic heterocycles. The van der Waals surface area contributed by atoms with Crippen LogP contribution in [0.25, 0.3) is 5.57 Å². The number of benzene rings is 2. The van der Waals surface area contributed by atoms with Gasteiger partial charge in [0.25, 0.3) is 5.91 Å². The average molecular weight is 420 g/mol. The van der Waals surface area contributed by atoms with Crippen LogP contribution in [0.1, 0.15) is 24.5 Å². The lowest BCUT2D eigenvalue weighted by molar-refractivity contribution is -0.902. The number of fused-ring (bicyclic) bond motifs is 1. The van der Waals surface area contributed by atoms with Crippen LogP contribution in [-0.2, 0) is 10.3 Å². The van der Waals surface area contributed by atoms with Crippen molar-refractivity contribution < 1.29 is 24.0 Å². The third-order valence-electron chi connectivity index (χ3n) is 6.31. The Morgan fingerprint density at radius 2 is 1.84 bits per heavy atom. The molecule has 2 aromatic rings. The van der Waals surface area contributed by atoms with Gasteiger partial charge < -0.3 is 19.7 Å². The van der Waals surface area contributed by atoms with Gasteiger partial charge in [0, 0.05) is 6.42 Å². The highest BCUT2D eigenvalue weighted by atomic mass is 16.6. The number of urea groups is 1. The number of nitrogens with one attached hydrogen (secondary N) is 2. The second kappa shape index (κ2) is 7.74. The molecule has 3 heterocycles. The molecule has 2 N–H and O–H groups in total. The number of quaternary nitrogens is 1. The smallest absolute Gasteiger partial charge is 0.329 e. The van der Waals surface area contributed by atoms with Crippen LogP contribution in [0.3, 0.4) is 0 Å². The summed E-state index contributed by atoms with van der Waals surface area (Å²) in [4.78, 5) is 28.6. The number of rotatable bonds is 4. The molecule has 0 spiro atoms. The van der Waals surface area contributed by atoms with E-state index >= 15 is 0 Å². The molecule has 3 aliphatic rings. The molecule has 7 heteroatoms. The lowest BCUT2D eigenvalue weighted by atomic mass is 9.91. The minimum absolute atomic E-state index is 0.237. The number of nitrogens with zero attached hydrogens (tertiary/aromatic N) is 1. The van der Waals surface area contributed by atoms with E-state index in [9.17, 15) is 9.59 Å². The quantitative estimate of drug-likeness (QED) is 0.737. The van der Waals surface area contributed by atoms with Crippen molar-refractivity contribution in [3.8, 4) is 11.5 Å².